The number of benzene rings is 1. The van der Waals surface area contributed by atoms with Crippen LogP contribution in [0.25, 0.3) is 0 Å². The van der Waals surface area contributed by atoms with Gasteiger partial charge in [0.15, 0.2) is 6.10 Å². The minimum atomic E-state index is -0.956. The second-order valence-electron chi connectivity index (χ2n) is 3.90. The van der Waals surface area contributed by atoms with Crippen molar-refractivity contribution in [1.82, 2.24) is 5.06 Å². The Kier molecular flexibility index (Phi) is 3.42. The first-order chi connectivity index (χ1) is 8.56. The van der Waals surface area contributed by atoms with E-state index in [0.29, 0.717) is 17.2 Å². The summed E-state index contributed by atoms with van der Waals surface area (Å²) in [5.74, 6) is -0.326. The van der Waals surface area contributed by atoms with Crippen molar-refractivity contribution in [2.45, 2.75) is 12.5 Å². The van der Waals surface area contributed by atoms with E-state index in [4.69, 9.17) is 15.8 Å². The lowest BCUT2D eigenvalue weighted by Gasteiger charge is -2.11. The molecule has 0 radical (unpaired) electrons. The number of nitrogens with two attached hydrogens (primary N) is 1. The van der Waals surface area contributed by atoms with Crippen molar-refractivity contribution in [3.05, 3.63) is 35.6 Å². The van der Waals surface area contributed by atoms with Crippen LogP contribution >= 0.6 is 0 Å². The van der Waals surface area contributed by atoms with Crippen molar-refractivity contribution in [2.75, 3.05) is 6.54 Å². The molecule has 96 valence electrons. The number of rotatable bonds is 3. The SMILES string of the molecule is NC(=O)N(O)CC1=NOC(c2ccc(F)cc2)C1. The van der Waals surface area contributed by atoms with E-state index < -0.39 is 6.03 Å². The van der Waals surface area contributed by atoms with Gasteiger partial charge in [-0.2, -0.15) is 0 Å². The third-order valence-corrected chi connectivity index (χ3v) is 2.56. The van der Waals surface area contributed by atoms with Gasteiger partial charge in [0.2, 0.25) is 0 Å². The topological polar surface area (TPSA) is 88.2 Å². The Morgan fingerprint density at radius 2 is 2.22 bits per heavy atom. The molecule has 0 spiro atoms. The molecule has 0 bridgehead atoms. The van der Waals surface area contributed by atoms with E-state index >= 15 is 0 Å². The second-order valence-corrected chi connectivity index (χ2v) is 3.90. The van der Waals surface area contributed by atoms with Crippen molar-refractivity contribution in [3.8, 4) is 0 Å². The van der Waals surface area contributed by atoms with Gasteiger partial charge in [0.05, 0.1) is 12.3 Å². The first kappa shape index (κ1) is 12.3. The molecule has 1 aliphatic rings. The van der Waals surface area contributed by atoms with Gasteiger partial charge in [-0.15, -0.1) is 0 Å². The lowest BCUT2D eigenvalue weighted by molar-refractivity contribution is -0.0253. The van der Waals surface area contributed by atoms with Gasteiger partial charge < -0.3 is 10.6 Å². The van der Waals surface area contributed by atoms with Gasteiger partial charge in [0, 0.05) is 6.42 Å². The number of primary amides is 1. The first-order valence-corrected chi connectivity index (χ1v) is 5.29. The van der Waals surface area contributed by atoms with E-state index in [-0.39, 0.29) is 18.5 Å². The highest BCUT2D eigenvalue weighted by Gasteiger charge is 2.24. The molecule has 1 heterocycles. The molecular formula is C11H12FN3O3. The fraction of sp³-hybridized carbons (Fsp3) is 0.273. The summed E-state index contributed by atoms with van der Waals surface area (Å²) in [6, 6.07) is 4.91. The molecule has 7 heteroatoms. The quantitative estimate of drug-likeness (QED) is 0.630. The number of hydrogen-bond donors (Lipinski definition) is 2. The number of urea groups is 1. The van der Waals surface area contributed by atoms with Crippen LogP contribution < -0.4 is 5.73 Å². The number of hydroxylamine groups is 2. The summed E-state index contributed by atoms with van der Waals surface area (Å²) in [6.07, 6.45) is 0.0811. The fourth-order valence-electron chi connectivity index (χ4n) is 1.63. The van der Waals surface area contributed by atoms with Crippen LogP contribution in [0.4, 0.5) is 9.18 Å². The van der Waals surface area contributed by atoms with Crippen molar-refractivity contribution in [3.63, 3.8) is 0 Å². The average Bonchev–Trinajstić information content (AvgIpc) is 2.78. The van der Waals surface area contributed by atoms with E-state index in [2.05, 4.69) is 5.16 Å². The minimum absolute atomic E-state index is 0.104. The number of nitrogens with zero attached hydrogens (tertiary/aromatic N) is 2. The van der Waals surface area contributed by atoms with E-state index in [1.54, 1.807) is 12.1 Å². The molecule has 1 atom stereocenters. The lowest BCUT2D eigenvalue weighted by Crippen LogP contribution is -2.36. The molecule has 2 amide bonds. The summed E-state index contributed by atoms with van der Waals surface area (Å²) in [4.78, 5) is 15.8. The highest BCUT2D eigenvalue weighted by Crippen LogP contribution is 2.27. The summed E-state index contributed by atoms with van der Waals surface area (Å²) in [7, 11) is 0. The number of carbonyl (C=O) groups excluding carboxylic acids is 1. The van der Waals surface area contributed by atoms with Crippen LogP contribution in [0, 0.1) is 5.82 Å². The molecular weight excluding hydrogens is 241 g/mol. The zero-order valence-electron chi connectivity index (χ0n) is 9.41. The number of halogens is 1. The lowest BCUT2D eigenvalue weighted by atomic mass is 10.0. The Morgan fingerprint density at radius 3 is 2.83 bits per heavy atom. The largest absolute Gasteiger partial charge is 0.387 e. The molecule has 0 saturated heterocycles. The van der Waals surface area contributed by atoms with E-state index in [9.17, 15) is 9.18 Å². The predicted octanol–water partition coefficient (Wildman–Crippen LogP) is 1.41. The van der Waals surface area contributed by atoms with Crippen LogP contribution in [-0.2, 0) is 4.84 Å². The number of oxime groups is 1. The summed E-state index contributed by atoms with van der Waals surface area (Å²) >= 11 is 0. The fourth-order valence-corrected chi connectivity index (χ4v) is 1.63. The van der Waals surface area contributed by atoms with Gasteiger partial charge in [0.25, 0.3) is 0 Å². The third kappa shape index (κ3) is 2.75. The maximum atomic E-state index is 12.8. The van der Waals surface area contributed by atoms with E-state index in [1.165, 1.54) is 12.1 Å². The van der Waals surface area contributed by atoms with Crippen LogP contribution in [0.3, 0.4) is 0 Å². The van der Waals surface area contributed by atoms with Crippen LogP contribution in [0.1, 0.15) is 18.1 Å². The highest BCUT2D eigenvalue weighted by atomic mass is 19.1. The predicted molar refractivity (Wildman–Crippen MR) is 60.4 cm³/mol. The highest BCUT2D eigenvalue weighted by molar-refractivity contribution is 5.89. The Hall–Kier alpha value is -2.15. The van der Waals surface area contributed by atoms with E-state index in [0.717, 1.165) is 5.56 Å². The van der Waals surface area contributed by atoms with Crippen molar-refractivity contribution in [2.24, 2.45) is 10.9 Å². The van der Waals surface area contributed by atoms with Gasteiger partial charge in [-0.25, -0.2) is 14.2 Å². The van der Waals surface area contributed by atoms with Gasteiger partial charge >= 0.3 is 6.03 Å². The minimum Gasteiger partial charge on any atom is -0.387 e. The maximum Gasteiger partial charge on any atom is 0.338 e. The monoisotopic (exact) mass is 253 g/mol. The molecule has 1 aromatic carbocycles. The molecule has 1 unspecified atom stereocenters. The zero-order valence-corrected chi connectivity index (χ0v) is 9.41. The first-order valence-electron chi connectivity index (χ1n) is 5.29. The standard InChI is InChI=1S/C11H12FN3O3/c12-8-3-1-7(2-4-8)10-5-9(14-18-10)6-15(17)11(13)16/h1-4,10,17H,5-6H2,(H2,13,16). The Morgan fingerprint density at radius 1 is 1.56 bits per heavy atom. The summed E-state index contributed by atoms with van der Waals surface area (Å²) in [6.45, 7) is -0.104. The van der Waals surface area contributed by atoms with Gasteiger partial charge in [0.1, 0.15) is 5.82 Å². The summed E-state index contributed by atoms with van der Waals surface area (Å²) in [5, 5.41) is 13.3. The smallest absolute Gasteiger partial charge is 0.338 e. The number of amides is 2. The molecule has 0 fully saturated rings. The molecule has 1 aromatic rings. The maximum absolute atomic E-state index is 12.8. The van der Waals surface area contributed by atoms with Crippen LogP contribution in [0.15, 0.2) is 29.4 Å². The molecule has 2 rings (SSSR count). The molecule has 1 aliphatic heterocycles. The van der Waals surface area contributed by atoms with Crippen molar-refractivity contribution < 1.29 is 19.2 Å². The van der Waals surface area contributed by atoms with Crippen LogP contribution in [-0.4, -0.2) is 28.6 Å². The molecule has 0 aromatic heterocycles. The summed E-state index contributed by atoms with van der Waals surface area (Å²) in [5.41, 5.74) is 6.14. The van der Waals surface area contributed by atoms with Crippen molar-refractivity contribution >= 4 is 11.7 Å². The Balaban J connectivity index is 1.95. The number of hydrogen-bond acceptors (Lipinski definition) is 4. The molecule has 0 saturated carbocycles. The zero-order chi connectivity index (χ0) is 13.1. The molecule has 0 aliphatic carbocycles. The molecule has 6 nitrogen and oxygen atoms in total. The molecule has 3 N–H and O–H groups in total. The van der Waals surface area contributed by atoms with Crippen LogP contribution in [0.5, 0.6) is 0 Å². The van der Waals surface area contributed by atoms with Crippen LogP contribution in [0.2, 0.25) is 0 Å². The third-order valence-electron chi connectivity index (χ3n) is 2.56. The van der Waals surface area contributed by atoms with Gasteiger partial charge in [-0.3, -0.25) is 5.21 Å². The normalized spacial score (nSPS) is 18.1. The van der Waals surface area contributed by atoms with E-state index in [1.807, 2.05) is 0 Å². The van der Waals surface area contributed by atoms with Gasteiger partial charge in [-0.1, -0.05) is 17.3 Å². The van der Waals surface area contributed by atoms with Gasteiger partial charge in [-0.05, 0) is 17.7 Å². The number of carbonyl (C=O) groups is 1. The molecule has 18 heavy (non-hydrogen) atoms. The van der Waals surface area contributed by atoms with Crippen molar-refractivity contribution in [1.29, 1.82) is 0 Å². The average molecular weight is 253 g/mol. The summed E-state index contributed by atoms with van der Waals surface area (Å²) < 4.78 is 12.8. The Bertz CT molecular complexity index is 475. The Labute approximate surface area is 102 Å². The second kappa shape index (κ2) is 5.01.